The zero-order valence-corrected chi connectivity index (χ0v) is 9.65. The molecular weight excluding hydrogens is 306 g/mol. The number of aryl methyl sites for hydroxylation is 1. The fourth-order valence-corrected chi connectivity index (χ4v) is 1.34. The van der Waals surface area contributed by atoms with Crippen LogP contribution >= 0.6 is 0 Å². The summed E-state index contributed by atoms with van der Waals surface area (Å²) in [5.74, 6) is 0. The van der Waals surface area contributed by atoms with Gasteiger partial charge in [0.1, 0.15) is 0 Å². The minimum atomic E-state index is 1.30. The molecule has 0 heterocycles. The van der Waals surface area contributed by atoms with Crippen molar-refractivity contribution in [1.29, 1.82) is 0 Å². The second-order valence-corrected chi connectivity index (χ2v) is 3.91. The Morgan fingerprint density at radius 3 is 2.27 bits per heavy atom. The van der Waals surface area contributed by atoms with E-state index in [0.717, 1.165) is 0 Å². The molecule has 0 spiro atoms. The average Bonchev–Trinajstić information content (AvgIpc) is 2.05. The Hall–Kier alpha value is -0.262. The van der Waals surface area contributed by atoms with E-state index >= 15 is 0 Å². The van der Waals surface area contributed by atoms with Crippen LogP contribution in [0.15, 0.2) is 24.3 Å². The van der Waals surface area contributed by atoms with Crippen molar-refractivity contribution in [3.8, 4) is 0 Å². The van der Waals surface area contributed by atoms with Gasteiger partial charge in [0.15, 0.2) is 0 Å². The van der Waals surface area contributed by atoms with Crippen molar-refractivity contribution in [2.24, 2.45) is 0 Å². The van der Waals surface area contributed by atoms with E-state index in [4.69, 9.17) is 0 Å². The second kappa shape index (κ2) is 3.94. The van der Waals surface area contributed by atoms with Crippen LogP contribution < -0.4 is 5.32 Å². The Kier molecular flexibility index (Phi) is 3.16. The van der Waals surface area contributed by atoms with Gasteiger partial charge in [0, 0.05) is 0 Å². The maximum absolute atomic E-state index is 3.15. The first-order valence-corrected chi connectivity index (χ1v) is 4.99. The Balaban J connectivity index is 2.90. The summed E-state index contributed by atoms with van der Waals surface area (Å²) in [6, 6.07) is 8.56. The fraction of sp³-hybridized carbons (Fsp3) is 0.222. The molecule has 0 aromatic heterocycles. The van der Waals surface area contributed by atoms with Crippen molar-refractivity contribution in [3.63, 3.8) is 0 Å². The molecule has 0 atom stereocenters. The molecule has 58 valence electrons. The van der Waals surface area contributed by atoms with Crippen LogP contribution in [0.4, 0.5) is 0 Å². The Labute approximate surface area is 78.2 Å². The first-order valence-electron chi connectivity index (χ1n) is 3.53. The van der Waals surface area contributed by atoms with Crippen LogP contribution in [0.2, 0.25) is 0 Å². The zero-order chi connectivity index (χ0) is 8.27. The summed E-state index contributed by atoms with van der Waals surface area (Å²) < 4.78 is 1.30. The summed E-state index contributed by atoms with van der Waals surface area (Å²) in [4.78, 5) is 0. The molecule has 0 unspecified atom stereocenters. The van der Waals surface area contributed by atoms with Gasteiger partial charge in [0.05, 0.1) is 0 Å². The van der Waals surface area contributed by atoms with Gasteiger partial charge in [-0.2, -0.15) is 0 Å². The molecule has 0 aliphatic carbocycles. The van der Waals surface area contributed by atoms with Gasteiger partial charge in [-0.05, 0) is 0 Å². The quantitative estimate of drug-likeness (QED) is 0.865. The summed E-state index contributed by atoms with van der Waals surface area (Å²) in [6.45, 7) is 2.10. The normalized spacial score (nSPS) is 9.64. The molecule has 1 aromatic rings. The monoisotopic (exact) mass is 317 g/mol. The molecule has 0 aliphatic heterocycles. The molecule has 0 amide bonds. The molecule has 1 aromatic carbocycles. The average molecular weight is 317 g/mol. The second-order valence-electron chi connectivity index (χ2n) is 2.45. The van der Waals surface area contributed by atoms with E-state index in [1.54, 1.807) is 0 Å². The standard InChI is InChI=1S/C9H11N.W/c1-8-3-5-9(6-4-8)7-10-2;/h3-6,10H,1-2H3;. The van der Waals surface area contributed by atoms with Crippen molar-refractivity contribution in [2.45, 2.75) is 6.92 Å². The molecule has 2 heteroatoms. The number of hydrogen-bond donors (Lipinski definition) is 1. The Bertz CT molecular complexity index is 251. The molecule has 1 N–H and O–H groups in total. The van der Waals surface area contributed by atoms with Crippen molar-refractivity contribution < 1.29 is 19.4 Å². The van der Waals surface area contributed by atoms with E-state index in [0.29, 0.717) is 0 Å². The number of rotatable bonds is 2. The summed E-state index contributed by atoms with van der Waals surface area (Å²) in [5, 5.41) is 3.15. The van der Waals surface area contributed by atoms with Gasteiger partial charge >= 0.3 is 78.1 Å². The Morgan fingerprint density at radius 1 is 1.27 bits per heavy atom. The Morgan fingerprint density at radius 2 is 1.82 bits per heavy atom. The number of benzene rings is 1. The van der Waals surface area contributed by atoms with E-state index in [1.165, 1.54) is 34.5 Å². The SMILES string of the molecule is CN[C](=[W])c1ccc(C)cc1. The van der Waals surface area contributed by atoms with Crippen molar-refractivity contribution in [2.75, 3.05) is 7.05 Å². The molecule has 0 saturated heterocycles. The summed E-state index contributed by atoms with van der Waals surface area (Å²) >= 11 is 1.48. The van der Waals surface area contributed by atoms with Crippen LogP contribution in [0, 0.1) is 6.92 Å². The van der Waals surface area contributed by atoms with Gasteiger partial charge in [0.2, 0.25) is 0 Å². The predicted molar refractivity (Wildman–Crippen MR) is 44.3 cm³/mol. The minimum absolute atomic E-state index is 1.30. The van der Waals surface area contributed by atoms with Gasteiger partial charge in [-0.15, -0.1) is 0 Å². The third-order valence-electron chi connectivity index (χ3n) is 1.54. The predicted octanol–water partition coefficient (Wildman–Crippen LogP) is 1.24. The van der Waals surface area contributed by atoms with Crippen LogP contribution in [0.1, 0.15) is 11.1 Å². The molecule has 0 fully saturated rings. The summed E-state index contributed by atoms with van der Waals surface area (Å²) in [7, 11) is 1.96. The molecule has 1 nitrogen and oxygen atoms in total. The molecule has 1 rings (SSSR count). The molecule has 0 bridgehead atoms. The third kappa shape index (κ3) is 2.35. The van der Waals surface area contributed by atoms with Crippen LogP contribution in [-0.2, 0) is 19.4 Å². The number of nitrogens with one attached hydrogen (secondary N) is 1. The van der Waals surface area contributed by atoms with Crippen molar-refractivity contribution in [3.05, 3.63) is 35.4 Å². The van der Waals surface area contributed by atoms with Crippen LogP contribution in [0.5, 0.6) is 0 Å². The fourth-order valence-electron chi connectivity index (χ4n) is 0.849. The van der Waals surface area contributed by atoms with Gasteiger partial charge < -0.3 is 0 Å². The van der Waals surface area contributed by atoms with E-state index in [9.17, 15) is 0 Å². The molecule has 11 heavy (non-hydrogen) atoms. The van der Waals surface area contributed by atoms with E-state index < -0.39 is 0 Å². The van der Waals surface area contributed by atoms with Crippen molar-refractivity contribution >= 4 is 4.02 Å². The molecule has 0 radical (unpaired) electrons. The van der Waals surface area contributed by atoms with Crippen molar-refractivity contribution in [1.82, 2.24) is 5.32 Å². The first kappa shape index (κ1) is 8.83. The van der Waals surface area contributed by atoms with Gasteiger partial charge in [-0.1, -0.05) is 0 Å². The third-order valence-corrected chi connectivity index (χ3v) is 3.12. The number of hydrogen-bond acceptors (Lipinski definition) is 1. The van der Waals surface area contributed by atoms with Crippen LogP contribution in [0.3, 0.4) is 0 Å². The van der Waals surface area contributed by atoms with Gasteiger partial charge in [0.25, 0.3) is 0 Å². The van der Waals surface area contributed by atoms with E-state index in [2.05, 4.69) is 36.5 Å². The first-order chi connectivity index (χ1) is 5.24. The van der Waals surface area contributed by atoms with Gasteiger partial charge in [-0.3, -0.25) is 0 Å². The molecule has 0 aliphatic rings. The van der Waals surface area contributed by atoms with Crippen LogP contribution in [-0.4, -0.2) is 11.1 Å². The van der Waals surface area contributed by atoms with Crippen LogP contribution in [0.25, 0.3) is 0 Å². The van der Waals surface area contributed by atoms with E-state index in [-0.39, 0.29) is 0 Å². The summed E-state index contributed by atoms with van der Waals surface area (Å²) in [6.07, 6.45) is 0. The topological polar surface area (TPSA) is 12.0 Å². The van der Waals surface area contributed by atoms with Gasteiger partial charge in [-0.25, -0.2) is 0 Å². The molecule has 0 saturated carbocycles. The molecular formula is C9H11NW. The van der Waals surface area contributed by atoms with E-state index in [1.807, 2.05) is 7.05 Å². The maximum atomic E-state index is 3.15. The summed E-state index contributed by atoms with van der Waals surface area (Å²) in [5.41, 5.74) is 2.61. The zero-order valence-electron chi connectivity index (χ0n) is 6.72.